The molecule has 0 unspecified atom stereocenters. The van der Waals surface area contributed by atoms with Gasteiger partial charge in [-0.25, -0.2) is 4.98 Å². The van der Waals surface area contributed by atoms with Gasteiger partial charge in [-0.15, -0.1) is 0 Å². The maximum Gasteiger partial charge on any atom is 0.257 e. The summed E-state index contributed by atoms with van der Waals surface area (Å²) in [7, 11) is 0. The number of nitriles is 1. The van der Waals surface area contributed by atoms with Gasteiger partial charge in [0.2, 0.25) is 0 Å². The van der Waals surface area contributed by atoms with Gasteiger partial charge in [0.05, 0.1) is 23.1 Å². The Morgan fingerprint density at radius 3 is 2.47 bits per heavy atom. The Kier molecular flexibility index (Phi) is 5.53. The lowest BCUT2D eigenvalue weighted by Crippen LogP contribution is -2.49. The molecule has 0 atom stereocenters. The SMILES string of the molecule is CC(C)c1nc(N2CCN(C(=O)c3ccoc3)CC2)c(C#N)cc1-c1ccccc1. The van der Waals surface area contributed by atoms with Crippen LogP contribution in [0.4, 0.5) is 5.82 Å². The lowest BCUT2D eigenvalue weighted by atomic mass is 9.96. The number of hydrogen-bond acceptors (Lipinski definition) is 5. The molecule has 30 heavy (non-hydrogen) atoms. The predicted molar refractivity (Wildman–Crippen MR) is 115 cm³/mol. The van der Waals surface area contributed by atoms with E-state index in [1.54, 1.807) is 6.07 Å². The molecule has 1 fully saturated rings. The van der Waals surface area contributed by atoms with Crippen LogP contribution in [0.1, 0.15) is 41.4 Å². The molecule has 1 aliphatic rings. The molecule has 0 N–H and O–H groups in total. The highest BCUT2D eigenvalue weighted by Gasteiger charge is 2.26. The van der Waals surface area contributed by atoms with Crippen LogP contribution < -0.4 is 4.90 Å². The number of piperazine rings is 1. The van der Waals surface area contributed by atoms with Crippen molar-refractivity contribution in [3.8, 4) is 17.2 Å². The lowest BCUT2D eigenvalue weighted by molar-refractivity contribution is 0.0746. The number of rotatable bonds is 4. The van der Waals surface area contributed by atoms with Gasteiger partial charge < -0.3 is 14.2 Å². The summed E-state index contributed by atoms with van der Waals surface area (Å²) < 4.78 is 5.03. The molecule has 1 amide bonds. The number of nitrogens with zero attached hydrogens (tertiary/aromatic N) is 4. The molecule has 3 aromatic rings. The van der Waals surface area contributed by atoms with Crippen LogP contribution in [0.3, 0.4) is 0 Å². The topological polar surface area (TPSA) is 73.4 Å². The van der Waals surface area contributed by atoms with E-state index in [0.29, 0.717) is 43.1 Å². The molecule has 0 radical (unpaired) electrons. The molecule has 1 aliphatic heterocycles. The second-order valence-electron chi connectivity index (χ2n) is 7.72. The first kappa shape index (κ1) is 19.7. The van der Waals surface area contributed by atoms with Crippen LogP contribution in [0.25, 0.3) is 11.1 Å². The Hall–Kier alpha value is -3.59. The van der Waals surface area contributed by atoms with Gasteiger partial charge in [0.15, 0.2) is 0 Å². The Morgan fingerprint density at radius 1 is 1.13 bits per heavy atom. The van der Waals surface area contributed by atoms with Crippen LogP contribution in [-0.4, -0.2) is 42.0 Å². The Balaban J connectivity index is 1.61. The zero-order valence-corrected chi connectivity index (χ0v) is 17.2. The normalized spacial score (nSPS) is 14.1. The number of furan rings is 1. The Labute approximate surface area is 176 Å². The highest BCUT2D eigenvalue weighted by Crippen LogP contribution is 2.33. The molecule has 6 heteroatoms. The highest BCUT2D eigenvalue weighted by molar-refractivity contribution is 5.94. The number of pyridine rings is 1. The fraction of sp³-hybridized carbons (Fsp3) is 0.292. The molecule has 4 rings (SSSR count). The number of hydrogen-bond donors (Lipinski definition) is 0. The van der Waals surface area contributed by atoms with Crippen molar-refractivity contribution >= 4 is 11.7 Å². The fourth-order valence-electron chi connectivity index (χ4n) is 3.82. The molecule has 3 heterocycles. The Bertz CT molecular complexity index is 1060. The summed E-state index contributed by atoms with van der Waals surface area (Å²) in [6.07, 6.45) is 2.98. The minimum Gasteiger partial charge on any atom is -0.472 e. The Morgan fingerprint density at radius 2 is 1.87 bits per heavy atom. The second kappa shape index (κ2) is 8.42. The van der Waals surface area contributed by atoms with Crippen molar-refractivity contribution in [2.75, 3.05) is 31.1 Å². The van der Waals surface area contributed by atoms with Gasteiger partial charge in [0, 0.05) is 31.7 Å². The molecule has 0 bridgehead atoms. The van der Waals surface area contributed by atoms with Crippen molar-refractivity contribution in [2.45, 2.75) is 19.8 Å². The van der Waals surface area contributed by atoms with Crippen LogP contribution in [-0.2, 0) is 0 Å². The number of benzene rings is 1. The number of carbonyl (C=O) groups excluding carboxylic acids is 1. The van der Waals surface area contributed by atoms with E-state index in [-0.39, 0.29) is 11.8 Å². The first-order valence-electron chi connectivity index (χ1n) is 10.2. The lowest BCUT2D eigenvalue weighted by Gasteiger charge is -2.36. The first-order valence-corrected chi connectivity index (χ1v) is 10.2. The minimum atomic E-state index is -0.0286. The van der Waals surface area contributed by atoms with E-state index in [4.69, 9.17) is 9.40 Å². The van der Waals surface area contributed by atoms with Crippen LogP contribution in [0.2, 0.25) is 0 Å². The molecule has 1 aromatic carbocycles. The van der Waals surface area contributed by atoms with E-state index in [0.717, 1.165) is 16.8 Å². The first-order chi connectivity index (χ1) is 14.6. The van der Waals surface area contributed by atoms with Crippen molar-refractivity contribution in [1.82, 2.24) is 9.88 Å². The fourth-order valence-corrected chi connectivity index (χ4v) is 3.82. The monoisotopic (exact) mass is 400 g/mol. The summed E-state index contributed by atoms with van der Waals surface area (Å²) in [4.78, 5) is 21.4. The van der Waals surface area contributed by atoms with E-state index < -0.39 is 0 Å². The van der Waals surface area contributed by atoms with Crippen LogP contribution in [0.15, 0.2) is 59.4 Å². The summed E-state index contributed by atoms with van der Waals surface area (Å²) in [5.41, 5.74) is 4.17. The van der Waals surface area contributed by atoms with E-state index in [9.17, 15) is 10.1 Å². The molecule has 0 spiro atoms. The van der Waals surface area contributed by atoms with Gasteiger partial charge in [-0.3, -0.25) is 4.79 Å². The van der Waals surface area contributed by atoms with E-state index in [2.05, 4.69) is 24.8 Å². The summed E-state index contributed by atoms with van der Waals surface area (Å²) in [6.45, 7) is 6.65. The van der Waals surface area contributed by atoms with Crippen molar-refractivity contribution in [1.29, 1.82) is 5.26 Å². The van der Waals surface area contributed by atoms with Crippen LogP contribution in [0.5, 0.6) is 0 Å². The third kappa shape index (κ3) is 3.79. The van der Waals surface area contributed by atoms with Gasteiger partial charge in [-0.1, -0.05) is 44.2 Å². The smallest absolute Gasteiger partial charge is 0.257 e. The third-order valence-corrected chi connectivity index (χ3v) is 5.42. The number of carbonyl (C=O) groups is 1. The molecule has 152 valence electrons. The molecular weight excluding hydrogens is 376 g/mol. The molecule has 6 nitrogen and oxygen atoms in total. The van der Waals surface area contributed by atoms with Crippen molar-refractivity contribution in [2.24, 2.45) is 0 Å². The average Bonchev–Trinajstić information content (AvgIpc) is 3.33. The van der Waals surface area contributed by atoms with Gasteiger partial charge >= 0.3 is 0 Å². The van der Waals surface area contributed by atoms with Crippen molar-refractivity contribution in [3.63, 3.8) is 0 Å². The predicted octanol–water partition coefficient (Wildman–Crippen LogP) is 4.30. The average molecular weight is 400 g/mol. The summed E-state index contributed by atoms with van der Waals surface area (Å²) >= 11 is 0. The van der Waals surface area contributed by atoms with E-state index in [1.807, 2.05) is 41.3 Å². The van der Waals surface area contributed by atoms with Crippen LogP contribution >= 0.6 is 0 Å². The van der Waals surface area contributed by atoms with Gasteiger partial charge in [0.25, 0.3) is 5.91 Å². The largest absolute Gasteiger partial charge is 0.472 e. The number of amides is 1. The molecule has 2 aromatic heterocycles. The minimum absolute atomic E-state index is 0.0286. The molecule has 1 saturated heterocycles. The number of aromatic nitrogens is 1. The zero-order chi connectivity index (χ0) is 21.1. The van der Waals surface area contributed by atoms with E-state index in [1.165, 1.54) is 12.5 Å². The quantitative estimate of drug-likeness (QED) is 0.653. The summed E-state index contributed by atoms with van der Waals surface area (Å²) in [6, 6.07) is 16.0. The number of anilines is 1. The van der Waals surface area contributed by atoms with Gasteiger partial charge in [-0.05, 0) is 23.6 Å². The molecule has 0 aliphatic carbocycles. The second-order valence-corrected chi connectivity index (χ2v) is 7.72. The van der Waals surface area contributed by atoms with Gasteiger partial charge in [-0.2, -0.15) is 5.26 Å². The van der Waals surface area contributed by atoms with E-state index >= 15 is 0 Å². The van der Waals surface area contributed by atoms with Crippen molar-refractivity contribution < 1.29 is 9.21 Å². The standard InChI is InChI=1S/C24H24N4O2/c1-17(2)22-21(18-6-4-3-5-7-18)14-20(15-25)23(26-22)27-9-11-28(12-10-27)24(29)19-8-13-30-16-19/h3-8,13-14,16-17H,9-12H2,1-2H3. The van der Waals surface area contributed by atoms with Crippen molar-refractivity contribution in [3.05, 3.63) is 71.8 Å². The zero-order valence-electron chi connectivity index (χ0n) is 17.2. The third-order valence-electron chi connectivity index (χ3n) is 5.42. The highest BCUT2D eigenvalue weighted by atomic mass is 16.3. The summed E-state index contributed by atoms with van der Waals surface area (Å²) in [5.74, 6) is 0.895. The van der Waals surface area contributed by atoms with Gasteiger partial charge in [0.1, 0.15) is 18.2 Å². The maximum atomic E-state index is 12.6. The molecular formula is C24H24N4O2. The summed E-state index contributed by atoms with van der Waals surface area (Å²) in [5, 5.41) is 9.82. The molecule has 0 saturated carbocycles. The maximum absolute atomic E-state index is 12.6. The van der Waals surface area contributed by atoms with Crippen LogP contribution in [0, 0.1) is 11.3 Å².